The zero-order chi connectivity index (χ0) is 11.0. The van der Waals surface area contributed by atoms with Crippen LogP contribution < -0.4 is 10.6 Å². The van der Waals surface area contributed by atoms with Gasteiger partial charge >= 0.3 is 0 Å². The van der Waals surface area contributed by atoms with Crippen molar-refractivity contribution in [1.29, 1.82) is 0 Å². The highest BCUT2D eigenvalue weighted by molar-refractivity contribution is 5.60. The highest BCUT2D eigenvalue weighted by atomic mass is 19.1. The molecule has 1 atom stereocenters. The molecule has 0 fully saturated rings. The van der Waals surface area contributed by atoms with Crippen LogP contribution >= 0.6 is 0 Å². The summed E-state index contributed by atoms with van der Waals surface area (Å²) in [5, 5.41) is 0. The molecular weight excluding hydrogens is 191 g/mol. The third kappa shape index (κ3) is 1.61. The second kappa shape index (κ2) is 3.81. The number of halogens is 1. The van der Waals surface area contributed by atoms with E-state index in [2.05, 4.69) is 18.7 Å². The Hall–Kier alpha value is -1.09. The van der Waals surface area contributed by atoms with Gasteiger partial charge in [-0.3, -0.25) is 0 Å². The highest BCUT2D eigenvalue weighted by Crippen LogP contribution is 2.34. The van der Waals surface area contributed by atoms with Gasteiger partial charge in [-0.1, -0.05) is 6.07 Å². The topological polar surface area (TPSA) is 29.3 Å². The minimum atomic E-state index is -0.103. The summed E-state index contributed by atoms with van der Waals surface area (Å²) in [7, 11) is 0. The molecule has 1 aliphatic heterocycles. The van der Waals surface area contributed by atoms with Crippen molar-refractivity contribution in [2.75, 3.05) is 11.4 Å². The lowest BCUT2D eigenvalue weighted by atomic mass is 10.1. The molecule has 3 heteroatoms. The van der Waals surface area contributed by atoms with E-state index in [-0.39, 0.29) is 11.9 Å². The summed E-state index contributed by atoms with van der Waals surface area (Å²) in [4.78, 5) is 2.22. The lowest BCUT2D eigenvalue weighted by molar-refractivity contribution is 0.567. The average molecular weight is 208 g/mol. The molecule has 2 nitrogen and oxygen atoms in total. The van der Waals surface area contributed by atoms with Gasteiger partial charge in [-0.15, -0.1) is 0 Å². The molecule has 0 bridgehead atoms. The van der Waals surface area contributed by atoms with E-state index in [4.69, 9.17) is 5.73 Å². The first kappa shape index (κ1) is 10.4. The second-order valence-electron chi connectivity index (χ2n) is 4.33. The Labute approximate surface area is 89.9 Å². The third-order valence-electron chi connectivity index (χ3n) is 3.03. The van der Waals surface area contributed by atoms with Gasteiger partial charge in [0, 0.05) is 29.9 Å². The monoisotopic (exact) mass is 208 g/mol. The van der Waals surface area contributed by atoms with Crippen LogP contribution in [0.25, 0.3) is 0 Å². The van der Waals surface area contributed by atoms with Crippen molar-refractivity contribution in [3.05, 3.63) is 29.6 Å². The third-order valence-corrected chi connectivity index (χ3v) is 3.03. The van der Waals surface area contributed by atoms with Crippen LogP contribution in [0, 0.1) is 5.82 Å². The first-order valence-corrected chi connectivity index (χ1v) is 5.41. The van der Waals surface area contributed by atoms with Gasteiger partial charge in [-0.2, -0.15) is 0 Å². The Morgan fingerprint density at radius 3 is 2.87 bits per heavy atom. The van der Waals surface area contributed by atoms with E-state index >= 15 is 0 Å². The van der Waals surface area contributed by atoms with E-state index in [0.717, 1.165) is 17.7 Å². The van der Waals surface area contributed by atoms with Gasteiger partial charge in [0.25, 0.3) is 0 Å². The Kier molecular flexibility index (Phi) is 2.65. The predicted octanol–water partition coefficient (Wildman–Crippen LogP) is 1.92. The van der Waals surface area contributed by atoms with Crippen molar-refractivity contribution in [1.82, 2.24) is 0 Å². The molecule has 1 aliphatic rings. The summed E-state index contributed by atoms with van der Waals surface area (Å²) in [6.45, 7) is 4.80. The van der Waals surface area contributed by atoms with Crippen molar-refractivity contribution in [3.63, 3.8) is 0 Å². The molecule has 1 unspecified atom stereocenters. The fourth-order valence-electron chi connectivity index (χ4n) is 2.42. The maximum atomic E-state index is 13.6. The second-order valence-corrected chi connectivity index (χ2v) is 4.33. The van der Waals surface area contributed by atoms with Crippen molar-refractivity contribution in [2.45, 2.75) is 32.4 Å². The van der Waals surface area contributed by atoms with Crippen LogP contribution in [0.15, 0.2) is 18.2 Å². The molecule has 82 valence electrons. The number of benzene rings is 1. The summed E-state index contributed by atoms with van der Waals surface area (Å²) in [5.74, 6) is -0.103. The van der Waals surface area contributed by atoms with Crippen LogP contribution in [-0.2, 0) is 6.42 Å². The molecule has 0 radical (unpaired) electrons. The first-order valence-electron chi connectivity index (χ1n) is 5.41. The van der Waals surface area contributed by atoms with Crippen molar-refractivity contribution in [3.8, 4) is 0 Å². The number of nitrogens with two attached hydrogens (primary N) is 1. The minimum Gasteiger partial charge on any atom is -0.364 e. The van der Waals surface area contributed by atoms with Crippen molar-refractivity contribution < 1.29 is 4.39 Å². The van der Waals surface area contributed by atoms with Crippen molar-refractivity contribution in [2.24, 2.45) is 5.73 Å². The molecule has 1 heterocycles. The fourth-order valence-corrected chi connectivity index (χ4v) is 2.42. The van der Waals surface area contributed by atoms with Gasteiger partial charge in [0.15, 0.2) is 0 Å². The molecule has 1 aromatic carbocycles. The Morgan fingerprint density at radius 1 is 1.53 bits per heavy atom. The van der Waals surface area contributed by atoms with Gasteiger partial charge in [-0.25, -0.2) is 4.39 Å². The van der Waals surface area contributed by atoms with Gasteiger partial charge in [0.2, 0.25) is 0 Å². The molecule has 2 rings (SSSR count). The lowest BCUT2D eigenvalue weighted by Crippen LogP contribution is -2.42. The van der Waals surface area contributed by atoms with Crippen molar-refractivity contribution >= 4 is 5.69 Å². The lowest BCUT2D eigenvalue weighted by Gasteiger charge is -2.30. The quantitative estimate of drug-likeness (QED) is 0.804. The van der Waals surface area contributed by atoms with Gasteiger partial charge < -0.3 is 10.6 Å². The number of hydrogen-bond acceptors (Lipinski definition) is 2. The SMILES string of the molecule is CC(C)N1c2cccc(F)c2CC1CN. The number of nitrogens with zero attached hydrogens (tertiary/aromatic N) is 1. The fraction of sp³-hybridized carbons (Fsp3) is 0.500. The number of hydrogen-bond donors (Lipinski definition) is 1. The van der Waals surface area contributed by atoms with Gasteiger partial charge in [0.05, 0.1) is 0 Å². The Balaban J connectivity index is 2.44. The zero-order valence-corrected chi connectivity index (χ0v) is 9.20. The number of fused-ring (bicyclic) bond motifs is 1. The standard InChI is InChI=1S/C12H17FN2/c1-8(2)15-9(7-14)6-10-11(13)4-3-5-12(10)15/h3-5,8-9H,6-7,14H2,1-2H3. The molecule has 0 amide bonds. The minimum absolute atomic E-state index is 0.103. The zero-order valence-electron chi connectivity index (χ0n) is 9.20. The van der Waals surface area contributed by atoms with Crippen LogP contribution in [0.2, 0.25) is 0 Å². The molecule has 15 heavy (non-hydrogen) atoms. The molecular formula is C12H17FN2. The van der Waals surface area contributed by atoms with E-state index < -0.39 is 0 Å². The maximum Gasteiger partial charge on any atom is 0.128 e. The molecule has 1 aromatic rings. The van der Waals surface area contributed by atoms with Crippen LogP contribution in [0.5, 0.6) is 0 Å². The number of rotatable bonds is 2. The molecule has 0 saturated carbocycles. The summed E-state index contributed by atoms with van der Waals surface area (Å²) in [6.07, 6.45) is 0.733. The van der Waals surface area contributed by atoms with Crippen LogP contribution in [0.3, 0.4) is 0 Å². The predicted molar refractivity (Wildman–Crippen MR) is 60.6 cm³/mol. The van der Waals surface area contributed by atoms with Crippen LogP contribution in [0.4, 0.5) is 10.1 Å². The van der Waals surface area contributed by atoms with E-state index in [1.54, 1.807) is 6.07 Å². The normalized spacial score (nSPS) is 19.8. The molecule has 2 N–H and O–H groups in total. The maximum absolute atomic E-state index is 13.6. The Bertz CT molecular complexity index is 363. The summed E-state index contributed by atoms with van der Waals surface area (Å²) in [5.41, 5.74) is 7.56. The van der Waals surface area contributed by atoms with Crippen LogP contribution in [-0.4, -0.2) is 18.6 Å². The summed E-state index contributed by atoms with van der Waals surface area (Å²) in [6, 6.07) is 5.88. The molecule has 0 saturated heterocycles. The van der Waals surface area contributed by atoms with E-state index in [9.17, 15) is 4.39 Å². The van der Waals surface area contributed by atoms with E-state index in [1.165, 1.54) is 6.07 Å². The van der Waals surface area contributed by atoms with E-state index in [0.29, 0.717) is 12.6 Å². The number of anilines is 1. The first-order chi connectivity index (χ1) is 7.15. The Morgan fingerprint density at radius 2 is 2.27 bits per heavy atom. The smallest absolute Gasteiger partial charge is 0.128 e. The van der Waals surface area contributed by atoms with E-state index in [1.807, 2.05) is 6.07 Å². The molecule has 0 aromatic heterocycles. The van der Waals surface area contributed by atoms with Crippen LogP contribution in [0.1, 0.15) is 19.4 Å². The summed E-state index contributed by atoms with van der Waals surface area (Å²) >= 11 is 0. The van der Waals surface area contributed by atoms with Gasteiger partial charge in [-0.05, 0) is 32.4 Å². The summed E-state index contributed by atoms with van der Waals surface area (Å²) < 4.78 is 13.6. The van der Waals surface area contributed by atoms with Gasteiger partial charge in [0.1, 0.15) is 5.82 Å². The molecule has 0 aliphatic carbocycles. The highest BCUT2D eigenvalue weighted by Gasteiger charge is 2.31. The average Bonchev–Trinajstić information content (AvgIpc) is 2.57. The molecule has 0 spiro atoms. The largest absolute Gasteiger partial charge is 0.364 e.